The highest BCUT2D eigenvalue weighted by molar-refractivity contribution is 5.95. The summed E-state index contributed by atoms with van der Waals surface area (Å²) in [5.74, 6) is -1.11. The monoisotopic (exact) mass is 292 g/mol. The fourth-order valence-corrected chi connectivity index (χ4v) is 1.78. The first-order chi connectivity index (χ1) is 9.93. The molecule has 0 saturated carbocycles. The van der Waals surface area contributed by atoms with Crippen LogP contribution in [0.25, 0.3) is 0 Å². The van der Waals surface area contributed by atoms with Crippen molar-refractivity contribution < 1.29 is 19.5 Å². The minimum absolute atomic E-state index is 0.0588. The quantitative estimate of drug-likeness (QED) is 0.673. The number of carboxylic acids is 1. The van der Waals surface area contributed by atoms with Crippen LogP contribution in [0, 0.1) is 0 Å². The lowest BCUT2D eigenvalue weighted by atomic mass is 10.1. The van der Waals surface area contributed by atoms with Crippen LogP contribution in [0.1, 0.15) is 43.5 Å². The predicted octanol–water partition coefficient (Wildman–Crippen LogP) is 2.65. The van der Waals surface area contributed by atoms with Gasteiger partial charge in [-0.15, -0.1) is 0 Å². The minimum Gasteiger partial charge on any atom is -0.480 e. The number of nitrogens with one attached hydrogen (secondary N) is 2. The predicted molar refractivity (Wildman–Crippen MR) is 79.5 cm³/mol. The summed E-state index contributed by atoms with van der Waals surface area (Å²) in [6.45, 7) is 3.41. The number of rotatable bonds is 7. The molecule has 3 N–H and O–H groups in total. The van der Waals surface area contributed by atoms with Crippen molar-refractivity contribution >= 4 is 23.5 Å². The highest BCUT2D eigenvalue weighted by Crippen LogP contribution is 2.10. The number of carbonyl (C=O) groups excluding carboxylic acids is 2. The normalized spacial score (nSPS) is 11.5. The molecule has 0 bridgehead atoms. The second-order valence-electron chi connectivity index (χ2n) is 4.77. The van der Waals surface area contributed by atoms with E-state index in [1.54, 1.807) is 24.3 Å². The molecule has 6 heteroatoms. The average Bonchev–Trinajstić information content (AvgIpc) is 2.43. The van der Waals surface area contributed by atoms with Crippen LogP contribution in [0.3, 0.4) is 0 Å². The van der Waals surface area contributed by atoms with Gasteiger partial charge in [0.2, 0.25) is 0 Å². The molecule has 0 radical (unpaired) electrons. The van der Waals surface area contributed by atoms with Gasteiger partial charge in [0.05, 0.1) is 0 Å². The van der Waals surface area contributed by atoms with Gasteiger partial charge in [-0.3, -0.25) is 4.79 Å². The van der Waals surface area contributed by atoms with Gasteiger partial charge in [0.15, 0.2) is 5.78 Å². The minimum atomic E-state index is -1.05. The van der Waals surface area contributed by atoms with Crippen molar-refractivity contribution in [3.8, 4) is 0 Å². The fourth-order valence-electron chi connectivity index (χ4n) is 1.78. The molecule has 1 atom stereocenters. The fraction of sp³-hybridized carbons (Fsp3) is 0.400. The average molecular weight is 292 g/mol. The number of hydrogen-bond acceptors (Lipinski definition) is 3. The number of unbranched alkanes of at least 4 members (excludes halogenated alkanes) is 1. The van der Waals surface area contributed by atoms with E-state index in [9.17, 15) is 14.4 Å². The molecule has 2 amide bonds. The number of urea groups is 1. The maximum Gasteiger partial charge on any atom is 0.326 e. The maximum absolute atomic E-state index is 11.8. The lowest BCUT2D eigenvalue weighted by Crippen LogP contribution is -2.42. The van der Waals surface area contributed by atoms with Gasteiger partial charge < -0.3 is 15.7 Å². The van der Waals surface area contributed by atoms with Crippen molar-refractivity contribution in [3.05, 3.63) is 29.8 Å². The number of hydrogen-bond donors (Lipinski definition) is 3. The maximum atomic E-state index is 11.8. The van der Waals surface area contributed by atoms with Crippen LogP contribution < -0.4 is 10.6 Å². The van der Waals surface area contributed by atoms with Gasteiger partial charge in [-0.1, -0.05) is 19.8 Å². The van der Waals surface area contributed by atoms with Crippen molar-refractivity contribution in [1.29, 1.82) is 0 Å². The molecule has 1 aromatic carbocycles. The number of ketones is 1. The van der Waals surface area contributed by atoms with E-state index >= 15 is 0 Å². The van der Waals surface area contributed by atoms with Gasteiger partial charge >= 0.3 is 12.0 Å². The number of aliphatic carboxylic acids is 1. The summed E-state index contributed by atoms with van der Waals surface area (Å²) >= 11 is 0. The summed E-state index contributed by atoms with van der Waals surface area (Å²) < 4.78 is 0. The number of amides is 2. The van der Waals surface area contributed by atoms with E-state index in [1.165, 1.54) is 6.92 Å². The van der Waals surface area contributed by atoms with Gasteiger partial charge in [-0.25, -0.2) is 9.59 Å². The molecule has 21 heavy (non-hydrogen) atoms. The smallest absolute Gasteiger partial charge is 0.326 e. The standard InChI is InChI=1S/C15H20N2O4/c1-3-4-5-13(14(19)20)17-15(21)16-12-8-6-11(7-9-12)10(2)18/h6-9,13H,3-5H2,1-2H3,(H,19,20)(H2,16,17,21). The van der Waals surface area contributed by atoms with E-state index in [0.717, 1.165) is 12.8 Å². The Hall–Kier alpha value is -2.37. The molecule has 1 unspecified atom stereocenters. The van der Waals surface area contributed by atoms with E-state index in [2.05, 4.69) is 10.6 Å². The van der Waals surface area contributed by atoms with E-state index in [0.29, 0.717) is 17.7 Å². The molecule has 1 rings (SSSR count). The molecular weight excluding hydrogens is 272 g/mol. The summed E-state index contributed by atoms with van der Waals surface area (Å²) in [5, 5.41) is 14.0. The summed E-state index contributed by atoms with van der Waals surface area (Å²) in [6.07, 6.45) is 1.98. The number of carboxylic acid groups (broad SMARTS) is 1. The van der Waals surface area contributed by atoms with Gasteiger partial charge in [0.25, 0.3) is 0 Å². The van der Waals surface area contributed by atoms with Crippen LogP contribution in [0.4, 0.5) is 10.5 Å². The summed E-state index contributed by atoms with van der Waals surface area (Å²) in [5.41, 5.74) is 1.05. The Morgan fingerprint density at radius 3 is 2.29 bits per heavy atom. The molecule has 1 aromatic rings. The first-order valence-electron chi connectivity index (χ1n) is 6.85. The number of carbonyl (C=O) groups is 3. The van der Waals surface area contributed by atoms with Crippen molar-refractivity contribution in [1.82, 2.24) is 5.32 Å². The molecule has 0 saturated heterocycles. The van der Waals surface area contributed by atoms with E-state index in [1.807, 2.05) is 6.92 Å². The molecule has 114 valence electrons. The van der Waals surface area contributed by atoms with Crippen LogP contribution in [0.15, 0.2) is 24.3 Å². The third kappa shape index (κ3) is 5.64. The van der Waals surface area contributed by atoms with Crippen molar-refractivity contribution in [2.75, 3.05) is 5.32 Å². The Kier molecular flexibility index (Phi) is 6.39. The lowest BCUT2D eigenvalue weighted by molar-refractivity contribution is -0.139. The Morgan fingerprint density at radius 1 is 1.19 bits per heavy atom. The zero-order chi connectivity index (χ0) is 15.8. The van der Waals surface area contributed by atoms with E-state index in [4.69, 9.17) is 5.11 Å². The number of Topliss-reactive ketones (excluding diaryl/α,β-unsaturated/α-hetero) is 1. The van der Waals surface area contributed by atoms with Crippen molar-refractivity contribution in [2.45, 2.75) is 39.2 Å². The second kappa shape index (κ2) is 8.04. The number of benzene rings is 1. The van der Waals surface area contributed by atoms with Crippen molar-refractivity contribution in [3.63, 3.8) is 0 Å². The third-order valence-corrected chi connectivity index (χ3v) is 3.00. The highest BCUT2D eigenvalue weighted by atomic mass is 16.4. The first-order valence-corrected chi connectivity index (χ1v) is 6.85. The third-order valence-electron chi connectivity index (χ3n) is 3.00. The van der Waals surface area contributed by atoms with Gasteiger partial charge in [0.1, 0.15) is 6.04 Å². The zero-order valence-electron chi connectivity index (χ0n) is 12.2. The van der Waals surface area contributed by atoms with Crippen LogP contribution >= 0.6 is 0 Å². The second-order valence-corrected chi connectivity index (χ2v) is 4.77. The molecule has 0 aliphatic rings. The summed E-state index contributed by atoms with van der Waals surface area (Å²) in [4.78, 5) is 33.9. The van der Waals surface area contributed by atoms with Crippen LogP contribution in [0.5, 0.6) is 0 Å². The lowest BCUT2D eigenvalue weighted by Gasteiger charge is -2.14. The van der Waals surface area contributed by atoms with Gasteiger partial charge in [-0.2, -0.15) is 0 Å². The molecule has 0 heterocycles. The van der Waals surface area contributed by atoms with E-state index < -0.39 is 18.0 Å². The van der Waals surface area contributed by atoms with Crippen LogP contribution in [-0.4, -0.2) is 28.9 Å². The van der Waals surface area contributed by atoms with Crippen LogP contribution in [0.2, 0.25) is 0 Å². The highest BCUT2D eigenvalue weighted by Gasteiger charge is 2.19. The molecule has 0 fully saturated rings. The first kappa shape index (κ1) is 16.7. The largest absolute Gasteiger partial charge is 0.480 e. The Labute approximate surface area is 123 Å². The molecule has 6 nitrogen and oxygen atoms in total. The molecule has 0 aliphatic carbocycles. The topological polar surface area (TPSA) is 95.5 Å². The molecule has 0 aliphatic heterocycles. The molecule has 0 aromatic heterocycles. The zero-order valence-corrected chi connectivity index (χ0v) is 12.2. The Bertz CT molecular complexity index is 511. The SMILES string of the molecule is CCCCC(NC(=O)Nc1ccc(C(C)=O)cc1)C(=O)O. The van der Waals surface area contributed by atoms with Crippen LogP contribution in [-0.2, 0) is 4.79 Å². The summed E-state index contributed by atoms with van der Waals surface area (Å²) in [7, 11) is 0. The van der Waals surface area contributed by atoms with Gasteiger partial charge in [-0.05, 0) is 37.6 Å². The Morgan fingerprint density at radius 2 is 1.81 bits per heavy atom. The summed E-state index contributed by atoms with van der Waals surface area (Å²) in [6, 6.07) is 4.92. The van der Waals surface area contributed by atoms with Gasteiger partial charge in [0, 0.05) is 11.3 Å². The molecule has 0 spiro atoms. The number of anilines is 1. The Balaban J connectivity index is 2.59. The molecular formula is C15H20N2O4. The van der Waals surface area contributed by atoms with Crippen molar-refractivity contribution in [2.24, 2.45) is 0 Å². The van der Waals surface area contributed by atoms with E-state index in [-0.39, 0.29) is 5.78 Å².